The molecule has 0 aromatic rings. The third-order valence-corrected chi connectivity index (χ3v) is 2.84. The van der Waals surface area contributed by atoms with Crippen LogP contribution < -0.4 is 0 Å². The number of rotatable bonds is 8. The molecule has 0 aliphatic carbocycles. The molecule has 0 aromatic carbocycles. The van der Waals surface area contributed by atoms with Crippen molar-refractivity contribution < 1.29 is 9.53 Å². The summed E-state index contributed by atoms with van der Waals surface area (Å²) in [5.41, 5.74) is 0. The lowest BCUT2D eigenvalue weighted by Gasteiger charge is -2.17. The largest absolute Gasteiger partial charge is 0.449 e. The van der Waals surface area contributed by atoms with E-state index in [1.165, 1.54) is 12.8 Å². The van der Waals surface area contributed by atoms with Crippen LogP contribution in [0, 0.1) is 0 Å². The number of alkyl halides is 1. The lowest BCUT2D eigenvalue weighted by atomic mass is 10.2. The number of amides is 1. The number of carbonyl (C=O) groups excluding carboxylic acids is 1. The first kappa shape index (κ1) is 14.8. The van der Waals surface area contributed by atoms with Gasteiger partial charge in [0.1, 0.15) is 0 Å². The number of nitrogens with zero attached hydrogens (tertiary/aromatic N) is 1. The van der Waals surface area contributed by atoms with Crippen LogP contribution in [0.5, 0.6) is 0 Å². The zero-order valence-electron chi connectivity index (χ0n) is 9.80. The minimum Gasteiger partial charge on any atom is -0.449 e. The van der Waals surface area contributed by atoms with E-state index in [1.54, 1.807) is 4.90 Å². The standard InChI is InChI=1S/C11H22BrNO2/c1-3-13(4-2)11(14)15-10-8-6-5-7-9-12/h3-10H2,1-2H3. The van der Waals surface area contributed by atoms with E-state index in [9.17, 15) is 4.79 Å². The first-order chi connectivity index (χ1) is 7.26. The van der Waals surface area contributed by atoms with Crippen LogP contribution in [0.3, 0.4) is 0 Å². The van der Waals surface area contributed by atoms with E-state index in [2.05, 4.69) is 15.9 Å². The lowest BCUT2D eigenvalue weighted by molar-refractivity contribution is 0.104. The van der Waals surface area contributed by atoms with E-state index in [0.717, 1.165) is 31.3 Å². The monoisotopic (exact) mass is 279 g/mol. The molecular weight excluding hydrogens is 258 g/mol. The molecule has 0 aromatic heterocycles. The van der Waals surface area contributed by atoms with Crippen molar-refractivity contribution >= 4 is 22.0 Å². The van der Waals surface area contributed by atoms with Crippen LogP contribution in [0.25, 0.3) is 0 Å². The lowest BCUT2D eigenvalue weighted by Crippen LogP contribution is -2.31. The highest BCUT2D eigenvalue weighted by atomic mass is 79.9. The minimum atomic E-state index is -0.180. The fourth-order valence-electron chi connectivity index (χ4n) is 1.28. The second-order valence-electron chi connectivity index (χ2n) is 3.39. The predicted octanol–water partition coefficient (Wildman–Crippen LogP) is 3.42. The van der Waals surface area contributed by atoms with Crippen LogP contribution in [0.1, 0.15) is 39.5 Å². The number of hydrogen-bond acceptors (Lipinski definition) is 2. The van der Waals surface area contributed by atoms with Gasteiger partial charge in [0.05, 0.1) is 6.61 Å². The average molecular weight is 280 g/mol. The highest BCUT2D eigenvalue weighted by molar-refractivity contribution is 9.09. The van der Waals surface area contributed by atoms with Crippen molar-refractivity contribution in [1.82, 2.24) is 4.90 Å². The molecule has 0 spiro atoms. The van der Waals surface area contributed by atoms with Gasteiger partial charge in [-0.2, -0.15) is 0 Å². The molecule has 1 amide bonds. The van der Waals surface area contributed by atoms with Gasteiger partial charge in [-0.3, -0.25) is 0 Å². The molecule has 0 fully saturated rings. The predicted molar refractivity (Wildman–Crippen MR) is 66.5 cm³/mol. The average Bonchev–Trinajstić information content (AvgIpc) is 2.25. The highest BCUT2D eigenvalue weighted by Gasteiger charge is 2.09. The Balaban J connectivity index is 3.38. The highest BCUT2D eigenvalue weighted by Crippen LogP contribution is 2.03. The van der Waals surface area contributed by atoms with Gasteiger partial charge in [0.15, 0.2) is 0 Å². The molecule has 0 radical (unpaired) electrons. The van der Waals surface area contributed by atoms with Gasteiger partial charge >= 0.3 is 6.09 Å². The van der Waals surface area contributed by atoms with Gasteiger partial charge < -0.3 is 9.64 Å². The summed E-state index contributed by atoms with van der Waals surface area (Å²) in [6, 6.07) is 0. The number of hydrogen-bond donors (Lipinski definition) is 0. The van der Waals surface area contributed by atoms with Crippen molar-refractivity contribution in [2.45, 2.75) is 39.5 Å². The summed E-state index contributed by atoms with van der Waals surface area (Å²) in [6.45, 7) is 5.91. The summed E-state index contributed by atoms with van der Waals surface area (Å²) < 4.78 is 5.14. The van der Waals surface area contributed by atoms with Gasteiger partial charge in [-0.05, 0) is 26.7 Å². The molecule has 0 aliphatic heterocycles. The van der Waals surface area contributed by atoms with Gasteiger partial charge in [-0.25, -0.2) is 4.79 Å². The maximum Gasteiger partial charge on any atom is 0.409 e. The second-order valence-corrected chi connectivity index (χ2v) is 4.18. The molecule has 0 bridgehead atoms. The van der Waals surface area contributed by atoms with Gasteiger partial charge in [-0.15, -0.1) is 0 Å². The smallest absolute Gasteiger partial charge is 0.409 e. The molecule has 90 valence electrons. The number of halogens is 1. The maximum atomic E-state index is 11.4. The normalized spacial score (nSPS) is 10.1. The van der Waals surface area contributed by atoms with Gasteiger partial charge in [-0.1, -0.05) is 28.8 Å². The summed E-state index contributed by atoms with van der Waals surface area (Å²) in [5.74, 6) is 0. The Bertz CT molecular complexity index is 161. The Morgan fingerprint density at radius 3 is 2.27 bits per heavy atom. The van der Waals surface area contributed by atoms with Crippen molar-refractivity contribution in [3.8, 4) is 0 Å². The molecule has 15 heavy (non-hydrogen) atoms. The fraction of sp³-hybridized carbons (Fsp3) is 0.909. The van der Waals surface area contributed by atoms with Crippen molar-refractivity contribution in [1.29, 1.82) is 0 Å². The third-order valence-electron chi connectivity index (χ3n) is 2.28. The van der Waals surface area contributed by atoms with Crippen molar-refractivity contribution in [3.63, 3.8) is 0 Å². The molecule has 0 N–H and O–H groups in total. The van der Waals surface area contributed by atoms with Crippen LogP contribution >= 0.6 is 15.9 Å². The van der Waals surface area contributed by atoms with Crippen molar-refractivity contribution in [2.75, 3.05) is 25.0 Å². The van der Waals surface area contributed by atoms with Crippen LogP contribution in [0.2, 0.25) is 0 Å². The van der Waals surface area contributed by atoms with Gasteiger partial charge in [0, 0.05) is 18.4 Å². The number of ether oxygens (including phenoxy) is 1. The van der Waals surface area contributed by atoms with E-state index < -0.39 is 0 Å². The zero-order chi connectivity index (χ0) is 11.5. The van der Waals surface area contributed by atoms with Gasteiger partial charge in [0.25, 0.3) is 0 Å². The fourth-order valence-corrected chi connectivity index (χ4v) is 1.68. The van der Waals surface area contributed by atoms with E-state index in [-0.39, 0.29) is 6.09 Å². The molecule has 0 saturated heterocycles. The molecule has 4 heteroatoms. The molecule has 0 rings (SSSR count). The summed E-state index contributed by atoms with van der Waals surface area (Å²) in [4.78, 5) is 13.1. The van der Waals surface area contributed by atoms with Crippen LogP contribution in [0.15, 0.2) is 0 Å². The zero-order valence-corrected chi connectivity index (χ0v) is 11.4. The SMILES string of the molecule is CCN(CC)C(=O)OCCCCCCBr. The summed E-state index contributed by atoms with van der Waals surface area (Å²) >= 11 is 3.39. The second kappa shape index (κ2) is 10.3. The maximum absolute atomic E-state index is 11.4. The first-order valence-electron chi connectivity index (χ1n) is 5.73. The number of unbranched alkanes of at least 4 members (excludes halogenated alkanes) is 3. The third kappa shape index (κ3) is 7.65. The molecule has 3 nitrogen and oxygen atoms in total. The van der Waals surface area contributed by atoms with Crippen molar-refractivity contribution in [2.24, 2.45) is 0 Å². The quantitative estimate of drug-likeness (QED) is 0.503. The van der Waals surface area contributed by atoms with Gasteiger partial charge in [0.2, 0.25) is 0 Å². The summed E-state index contributed by atoms with van der Waals surface area (Å²) in [5, 5.41) is 1.06. The Morgan fingerprint density at radius 2 is 1.73 bits per heavy atom. The minimum absolute atomic E-state index is 0.180. The van der Waals surface area contributed by atoms with Crippen LogP contribution in [-0.2, 0) is 4.74 Å². The number of carbonyl (C=O) groups is 1. The van der Waals surface area contributed by atoms with E-state index in [4.69, 9.17) is 4.74 Å². The molecular formula is C11H22BrNO2. The Hall–Kier alpha value is -0.250. The van der Waals surface area contributed by atoms with E-state index in [1.807, 2.05) is 13.8 Å². The Morgan fingerprint density at radius 1 is 1.13 bits per heavy atom. The molecule has 0 saturated carbocycles. The van der Waals surface area contributed by atoms with Crippen LogP contribution in [0.4, 0.5) is 4.79 Å². The van der Waals surface area contributed by atoms with E-state index in [0.29, 0.717) is 6.61 Å². The van der Waals surface area contributed by atoms with E-state index >= 15 is 0 Å². The topological polar surface area (TPSA) is 29.5 Å². The Kier molecular flexibility index (Phi) is 10.1. The first-order valence-corrected chi connectivity index (χ1v) is 6.86. The van der Waals surface area contributed by atoms with Crippen LogP contribution in [-0.4, -0.2) is 36.0 Å². The summed E-state index contributed by atoms with van der Waals surface area (Å²) in [7, 11) is 0. The molecule has 0 unspecified atom stereocenters. The molecule has 0 heterocycles. The summed E-state index contributed by atoms with van der Waals surface area (Å²) in [6.07, 6.45) is 4.33. The van der Waals surface area contributed by atoms with Crippen molar-refractivity contribution in [3.05, 3.63) is 0 Å². The molecule has 0 atom stereocenters. The molecule has 0 aliphatic rings. The Labute approximate surface area is 101 Å².